The van der Waals surface area contributed by atoms with Crippen molar-refractivity contribution in [1.82, 2.24) is 25.1 Å². The Bertz CT molecular complexity index is 1200. The fraction of sp³-hybridized carbons (Fsp3) is 0.273. The van der Waals surface area contributed by atoms with Crippen LogP contribution in [-0.4, -0.2) is 58.5 Å². The number of anilines is 1. The maximum absolute atomic E-state index is 12.6. The van der Waals surface area contributed by atoms with E-state index >= 15 is 0 Å². The van der Waals surface area contributed by atoms with Gasteiger partial charge in [0.1, 0.15) is 12.1 Å². The zero-order chi connectivity index (χ0) is 20.3. The van der Waals surface area contributed by atoms with Gasteiger partial charge in [-0.1, -0.05) is 30.3 Å². The number of nitrogens with one attached hydrogen (secondary N) is 1. The van der Waals surface area contributed by atoms with Crippen LogP contribution in [0.1, 0.15) is 10.4 Å². The molecule has 152 valence electrons. The van der Waals surface area contributed by atoms with Gasteiger partial charge in [-0.15, -0.1) is 0 Å². The molecular weight excluding hydrogens is 380 g/mol. The monoisotopic (exact) mass is 402 g/mol. The number of carbonyl (C=O) groups excluding carboxylic acids is 1. The van der Waals surface area contributed by atoms with Crippen LogP contribution in [0, 0.1) is 0 Å². The summed E-state index contributed by atoms with van der Waals surface area (Å²) >= 11 is 0. The Kier molecular flexibility index (Phi) is 4.98. The maximum Gasteiger partial charge on any atom is 0.251 e. The highest BCUT2D eigenvalue weighted by molar-refractivity contribution is 5.98. The van der Waals surface area contributed by atoms with Crippen molar-refractivity contribution < 1.29 is 9.53 Å². The fourth-order valence-corrected chi connectivity index (χ4v) is 3.78. The Morgan fingerprint density at radius 3 is 2.77 bits per heavy atom. The van der Waals surface area contributed by atoms with Crippen LogP contribution in [0.3, 0.4) is 0 Å². The fourth-order valence-electron chi connectivity index (χ4n) is 3.78. The Morgan fingerprint density at radius 1 is 1.07 bits per heavy atom. The number of hydrogen-bond acceptors (Lipinski definition) is 6. The number of amides is 1. The van der Waals surface area contributed by atoms with Crippen molar-refractivity contribution in [3.63, 3.8) is 0 Å². The van der Waals surface area contributed by atoms with E-state index in [2.05, 4.69) is 25.3 Å². The molecule has 2 aromatic heterocycles. The normalized spacial score (nSPS) is 14.3. The van der Waals surface area contributed by atoms with E-state index in [0.717, 1.165) is 40.7 Å². The number of benzene rings is 2. The summed E-state index contributed by atoms with van der Waals surface area (Å²) in [4.78, 5) is 23.6. The van der Waals surface area contributed by atoms with Gasteiger partial charge in [0, 0.05) is 25.2 Å². The van der Waals surface area contributed by atoms with Gasteiger partial charge in [0.15, 0.2) is 5.65 Å². The van der Waals surface area contributed by atoms with Crippen molar-refractivity contribution in [2.24, 2.45) is 0 Å². The van der Waals surface area contributed by atoms with Gasteiger partial charge in [-0.3, -0.25) is 4.79 Å². The number of hydrogen-bond donors (Lipinski definition) is 1. The van der Waals surface area contributed by atoms with Gasteiger partial charge in [0.25, 0.3) is 5.91 Å². The average Bonchev–Trinajstić information content (AvgIpc) is 3.22. The standard InChI is InChI=1S/C22H22N6O2/c29-22(18-6-5-16-3-1-2-4-17(16)13-18)23-7-8-28-21-19(14-26-28)20(24-15-25-21)27-9-11-30-12-10-27/h1-6,13-15H,7-12H2,(H,23,29). The maximum atomic E-state index is 12.6. The molecule has 0 aliphatic carbocycles. The van der Waals surface area contributed by atoms with Crippen molar-refractivity contribution in [1.29, 1.82) is 0 Å². The average molecular weight is 402 g/mol. The number of ether oxygens (including phenoxy) is 1. The minimum atomic E-state index is -0.0964. The zero-order valence-electron chi connectivity index (χ0n) is 16.5. The molecule has 1 aliphatic rings. The summed E-state index contributed by atoms with van der Waals surface area (Å²) in [6.45, 7) is 3.99. The van der Waals surface area contributed by atoms with Crippen LogP contribution in [0.4, 0.5) is 5.82 Å². The molecule has 0 bridgehead atoms. The molecule has 0 unspecified atom stereocenters. The van der Waals surface area contributed by atoms with Crippen molar-refractivity contribution >= 4 is 33.5 Å². The number of morpholine rings is 1. The molecule has 1 fully saturated rings. The third-order valence-corrected chi connectivity index (χ3v) is 5.34. The second-order valence-corrected chi connectivity index (χ2v) is 7.22. The van der Waals surface area contributed by atoms with E-state index < -0.39 is 0 Å². The summed E-state index contributed by atoms with van der Waals surface area (Å²) in [5.41, 5.74) is 1.42. The lowest BCUT2D eigenvalue weighted by Crippen LogP contribution is -2.36. The Balaban J connectivity index is 1.27. The molecular formula is C22H22N6O2. The first-order chi connectivity index (χ1) is 14.8. The van der Waals surface area contributed by atoms with E-state index in [0.29, 0.717) is 31.9 Å². The van der Waals surface area contributed by atoms with Crippen molar-refractivity contribution in [2.45, 2.75) is 6.54 Å². The highest BCUT2D eigenvalue weighted by atomic mass is 16.5. The molecule has 8 heteroatoms. The van der Waals surface area contributed by atoms with Crippen molar-refractivity contribution in [3.05, 3.63) is 60.6 Å². The molecule has 0 radical (unpaired) electrons. The molecule has 5 rings (SSSR count). The summed E-state index contributed by atoms with van der Waals surface area (Å²) in [6, 6.07) is 13.7. The summed E-state index contributed by atoms with van der Waals surface area (Å²) < 4.78 is 7.24. The van der Waals surface area contributed by atoms with E-state index in [9.17, 15) is 4.79 Å². The van der Waals surface area contributed by atoms with Crippen LogP contribution in [-0.2, 0) is 11.3 Å². The summed E-state index contributed by atoms with van der Waals surface area (Å²) in [7, 11) is 0. The second kappa shape index (κ2) is 8.08. The number of fused-ring (bicyclic) bond motifs is 2. The molecule has 3 heterocycles. The molecule has 0 atom stereocenters. The van der Waals surface area contributed by atoms with Crippen LogP contribution >= 0.6 is 0 Å². The molecule has 30 heavy (non-hydrogen) atoms. The molecule has 1 aliphatic heterocycles. The first-order valence-electron chi connectivity index (χ1n) is 10.1. The van der Waals surface area contributed by atoms with E-state index in [-0.39, 0.29) is 5.91 Å². The molecule has 1 saturated heterocycles. The van der Waals surface area contributed by atoms with Gasteiger partial charge in [-0.05, 0) is 22.9 Å². The largest absolute Gasteiger partial charge is 0.378 e. The third kappa shape index (κ3) is 3.57. The molecule has 0 spiro atoms. The molecule has 0 saturated carbocycles. The minimum Gasteiger partial charge on any atom is -0.378 e. The van der Waals surface area contributed by atoms with Crippen LogP contribution in [0.2, 0.25) is 0 Å². The molecule has 1 N–H and O–H groups in total. The zero-order valence-corrected chi connectivity index (χ0v) is 16.5. The molecule has 8 nitrogen and oxygen atoms in total. The summed E-state index contributed by atoms with van der Waals surface area (Å²) in [6.07, 6.45) is 3.37. The quantitative estimate of drug-likeness (QED) is 0.551. The van der Waals surface area contributed by atoms with Gasteiger partial charge >= 0.3 is 0 Å². The van der Waals surface area contributed by atoms with Crippen molar-refractivity contribution in [2.75, 3.05) is 37.7 Å². The van der Waals surface area contributed by atoms with E-state index in [1.54, 1.807) is 12.5 Å². The topological polar surface area (TPSA) is 85.2 Å². The van der Waals surface area contributed by atoms with Crippen LogP contribution in [0.5, 0.6) is 0 Å². The number of carbonyl (C=O) groups is 1. The first-order valence-corrected chi connectivity index (χ1v) is 10.1. The molecule has 2 aromatic carbocycles. The van der Waals surface area contributed by atoms with Crippen LogP contribution in [0.25, 0.3) is 21.8 Å². The predicted molar refractivity (Wildman–Crippen MR) is 115 cm³/mol. The van der Waals surface area contributed by atoms with Gasteiger partial charge in [0.2, 0.25) is 0 Å². The number of aromatic nitrogens is 4. The summed E-state index contributed by atoms with van der Waals surface area (Å²) in [5.74, 6) is 0.788. The van der Waals surface area contributed by atoms with Gasteiger partial charge in [0.05, 0.1) is 31.3 Å². The first kappa shape index (κ1) is 18.5. The highest BCUT2D eigenvalue weighted by Gasteiger charge is 2.18. The Morgan fingerprint density at radius 2 is 1.90 bits per heavy atom. The van der Waals surface area contributed by atoms with E-state index in [1.807, 2.05) is 47.1 Å². The lowest BCUT2D eigenvalue weighted by molar-refractivity contribution is 0.0952. The van der Waals surface area contributed by atoms with E-state index in [1.165, 1.54) is 0 Å². The highest BCUT2D eigenvalue weighted by Crippen LogP contribution is 2.23. The lowest BCUT2D eigenvalue weighted by Gasteiger charge is -2.27. The van der Waals surface area contributed by atoms with Gasteiger partial charge in [-0.2, -0.15) is 5.10 Å². The molecule has 4 aromatic rings. The summed E-state index contributed by atoms with van der Waals surface area (Å²) in [5, 5.41) is 10.5. The van der Waals surface area contributed by atoms with E-state index in [4.69, 9.17) is 4.74 Å². The van der Waals surface area contributed by atoms with Crippen molar-refractivity contribution in [3.8, 4) is 0 Å². The lowest BCUT2D eigenvalue weighted by atomic mass is 10.1. The smallest absolute Gasteiger partial charge is 0.251 e. The molecule has 1 amide bonds. The van der Waals surface area contributed by atoms with Crippen LogP contribution < -0.4 is 10.2 Å². The number of rotatable bonds is 5. The SMILES string of the molecule is O=C(NCCn1ncc2c(N3CCOCC3)ncnc21)c1ccc2ccccc2c1. The van der Waals surface area contributed by atoms with Gasteiger partial charge < -0.3 is 15.0 Å². The van der Waals surface area contributed by atoms with Gasteiger partial charge in [-0.25, -0.2) is 14.6 Å². The Labute approximate surface area is 173 Å². The second-order valence-electron chi connectivity index (χ2n) is 7.22. The minimum absolute atomic E-state index is 0.0964. The third-order valence-electron chi connectivity index (χ3n) is 5.34. The number of nitrogens with zero attached hydrogens (tertiary/aromatic N) is 5. The predicted octanol–water partition coefficient (Wildman–Crippen LogP) is 2.25. The Hall–Kier alpha value is -3.52. The van der Waals surface area contributed by atoms with Crippen LogP contribution in [0.15, 0.2) is 55.0 Å².